The third kappa shape index (κ3) is 4.79. The molecule has 5 heteroatoms. The van der Waals surface area contributed by atoms with E-state index in [0.717, 1.165) is 37.2 Å². The molecule has 1 fully saturated rings. The summed E-state index contributed by atoms with van der Waals surface area (Å²) in [5.41, 5.74) is 3.44. The van der Waals surface area contributed by atoms with Gasteiger partial charge >= 0.3 is 0 Å². The van der Waals surface area contributed by atoms with Crippen molar-refractivity contribution in [2.75, 3.05) is 25.0 Å². The fourth-order valence-corrected chi connectivity index (χ4v) is 3.30. The van der Waals surface area contributed by atoms with Crippen LogP contribution in [0.15, 0.2) is 48.8 Å². The van der Waals surface area contributed by atoms with E-state index in [9.17, 15) is 4.79 Å². The second kappa shape index (κ2) is 8.62. The molecule has 1 aliphatic heterocycles. The van der Waals surface area contributed by atoms with Gasteiger partial charge in [-0.05, 0) is 43.5 Å². The lowest BCUT2D eigenvalue weighted by atomic mass is 10.1. The molecule has 25 heavy (non-hydrogen) atoms. The van der Waals surface area contributed by atoms with Crippen LogP contribution in [0.4, 0.5) is 5.69 Å². The Labute approximate surface area is 149 Å². The molecule has 0 aliphatic carbocycles. The molecule has 1 atom stereocenters. The number of hydrogen-bond acceptors (Lipinski definition) is 4. The van der Waals surface area contributed by atoms with Crippen LogP contribution in [0.3, 0.4) is 0 Å². The number of hydrogen-bond donors (Lipinski definition) is 2. The van der Waals surface area contributed by atoms with Crippen LogP contribution < -0.4 is 10.6 Å². The molecule has 1 aliphatic rings. The lowest BCUT2D eigenvalue weighted by Crippen LogP contribution is -2.44. The van der Waals surface area contributed by atoms with Gasteiger partial charge in [-0.1, -0.05) is 30.3 Å². The quantitative estimate of drug-likeness (QED) is 0.762. The van der Waals surface area contributed by atoms with Gasteiger partial charge in [0.25, 0.3) is 0 Å². The minimum absolute atomic E-state index is 0.0112. The molecule has 0 unspecified atom stereocenters. The van der Waals surface area contributed by atoms with E-state index in [4.69, 9.17) is 0 Å². The Morgan fingerprint density at radius 1 is 1.24 bits per heavy atom. The Balaban J connectivity index is 1.45. The highest BCUT2D eigenvalue weighted by atomic mass is 16.2. The minimum atomic E-state index is -0.0112. The summed E-state index contributed by atoms with van der Waals surface area (Å²) < 4.78 is 0. The smallest absolute Gasteiger partial charge is 0.237 e. The number of nitrogens with zero attached hydrogens (tertiary/aromatic N) is 2. The van der Waals surface area contributed by atoms with Crippen LogP contribution in [0.2, 0.25) is 0 Å². The number of pyridine rings is 1. The van der Waals surface area contributed by atoms with Gasteiger partial charge in [0.05, 0.1) is 6.04 Å². The molecule has 3 rings (SSSR count). The Kier molecular flexibility index (Phi) is 6.01. The lowest BCUT2D eigenvalue weighted by Gasteiger charge is -2.23. The van der Waals surface area contributed by atoms with E-state index in [1.165, 1.54) is 5.56 Å². The van der Waals surface area contributed by atoms with Crippen LogP contribution in [-0.4, -0.2) is 41.5 Å². The summed E-state index contributed by atoms with van der Waals surface area (Å²) in [6, 6.07) is 12.3. The number of anilines is 1. The first kappa shape index (κ1) is 17.4. The topological polar surface area (TPSA) is 57.3 Å². The van der Waals surface area contributed by atoms with E-state index >= 15 is 0 Å². The molecule has 5 nitrogen and oxygen atoms in total. The normalized spacial score (nSPS) is 17.4. The Bertz CT molecular complexity index is 689. The van der Waals surface area contributed by atoms with Crippen molar-refractivity contribution < 1.29 is 4.79 Å². The highest BCUT2D eigenvalue weighted by Gasteiger charge is 2.30. The Hall–Kier alpha value is -2.40. The van der Waals surface area contributed by atoms with Crippen LogP contribution in [0, 0.1) is 6.92 Å². The zero-order chi connectivity index (χ0) is 17.5. The van der Waals surface area contributed by atoms with Gasteiger partial charge < -0.3 is 10.6 Å². The van der Waals surface area contributed by atoms with Crippen molar-refractivity contribution in [3.63, 3.8) is 0 Å². The monoisotopic (exact) mass is 338 g/mol. The van der Waals surface area contributed by atoms with Gasteiger partial charge in [-0.15, -0.1) is 0 Å². The van der Waals surface area contributed by atoms with Crippen LogP contribution in [0.25, 0.3) is 0 Å². The number of carbonyl (C=O) groups excluding carboxylic acids is 1. The van der Waals surface area contributed by atoms with E-state index in [0.29, 0.717) is 13.1 Å². The van der Waals surface area contributed by atoms with Gasteiger partial charge in [-0.25, -0.2) is 0 Å². The van der Waals surface area contributed by atoms with E-state index in [1.54, 1.807) is 6.20 Å². The lowest BCUT2D eigenvalue weighted by molar-refractivity contribution is -0.125. The van der Waals surface area contributed by atoms with Gasteiger partial charge in [0.1, 0.15) is 0 Å². The highest BCUT2D eigenvalue weighted by Crippen LogP contribution is 2.20. The second-order valence-corrected chi connectivity index (χ2v) is 6.52. The van der Waals surface area contributed by atoms with Crippen molar-refractivity contribution in [3.05, 3.63) is 59.9 Å². The number of amides is 1. The fraction of sp³-hybridized carbons (Fsp3) is 0.400. The first-order valence-electron chi connectivity index (χ1n) is 8.94. The predicted octanol–water partition coefficient (Wildman–Crippen LogP) is 2.58. The molecule has 2 aromatic rings. The number of likely N-dealkylation sites (tertiary alicyclic amines) is 1. The molecule has 1 aromatic carbocycles. The summed E-state index contributed by atoms with van der Waals surface area (Å²) in [5.74, 6) is 0.140. The van der Waals surface area contributed by atoms with Crippen LogP contribution in [0.1, 0.15) is 24.0 Å². The number of nitrogens with one attached hydrogen (secondary N) is 2. The third-order valence-corrected chi connectivity index (χ3v) is 4.65. The van der Waals surface area contributed by atoms with Crippen molar-refractivity contribution in [1.29, 1.82) is 0 Å². The molecule has 1 aromatic heterocycles. The largest absolute Gasteiger partial charge is 0.383 e. The minimum Gasteiger partial charge on any atom is -0.383 e. The fourth-order valence-electron chi connectivity index (χ4n) is 3.30. The number of benzene rings is 1. The zero-order valence-electron chi connectivity index (χ0n) is 14.7. The van der Waals surface area contributed by atoms with E-state index in [1.807, 2.05) is 37.4 Å². The van der Waals surface area contributed by atoms with Crippen molar-refractivity contribution in [1.82, 2.24) is 15.2 Å². The maximum absolute atomic E-state index is 12.5. The van der Waals surface area contributed by atoms with Gasteiger partial charge in [-0.2, -0.15) is 0 Å². The molecule has 1 saturated heterocycles. The van der Waals surface area contributed by atoms with Gasteiger partial charge in [0, 0.05) is 37.7 Å². The van der Waals surface area contributed by atoms with Crippen molar-refractivity contribution in [2.45, 2.75) is 32.4 Å². The number of aryl methyl sites for hydroxylation is 1. The molecule has 0 spiro atoms. The molecule has 2 N–H and O–H groups in total. The summed E-state index contributed by atoms with van der Waals surface area (Å²) in [7, 11) is 0. The highest BCUT2D eigenvalue weighted by molar-refractivity contribution is 5.82. The average Bonchev–Trinajstić information content (AvgIpc) is 3.09. The van der Waals surface area contributed by atoms with Crippen molar-refractivity contribution in [2.24, 2.45) is 0 Å². The first-order chi connectivity index (χ1) is 12.2. The Morgan fingerprint density at radius 2 is 2.08 bits per heavy atom. The SMILES string of the molecule is Cc1cnccc1NCCNC(=O)[C@@H]1CCCN1Cc1ccccc1. The van der Waals surface area contributed by atoms with E-state index in [2.05, 4.69) is 32.7 Å². The summed E-state index contributed by atoms with van der Waals surface area (Å²) in [6.45, 7) is 5.18. The van der Waals surface area contributed by atoms with Crippen LogP contribution in [0.5, 0.6) is 0 Å². The average molecular weight is 338 g/mol. The van der Waals surface area contributed by atoms with Crippen molar-refractivity contribution in [3.8, 4) is 0 Å². The van der Waals surface area contributed by atoms with Crippen molar-refractivity contribution >= 4 is 11.6 Å². The second-order valence-electron chi connectivity index (χ2n) is 6.52. The maximum atomic E-state index is 12.5. The molecule has 0 radical (unpaired) electrons. The molecule has 2 heterocycles. The Morgan fingerprint density at radius 3 is 2.88 bits per heavy atom. The molecule has 1 amide bonds. The van der Waals surface area contributed by atoms with Gasteiger partial charge in [0.2, 0.25) is 5.91 Å². The van der Waals surface area contributed by atoms with Crippen LogP contribution >= 0.6 is 0 Å². The third-order valence-electron chi connectivity index (χ3n) is 4.65. The van der Waals surface area contributed by atoms with Gasteiger partial charge in [-0.3, -0.25) is 14.7 Å². The van der Waals surface area contributed by atoms with E-state index < -0.39 is 0 Å². The number of carbonyl (C=O) groups is 1. The maximum Gasteiger partial charge on any atom is 0.237 e. The predicted molar refractivity (Wildman–Crippen MR) is 100 cm³/mol. The molecular formula is C20H26N4O. The summed E-state index contributed by atoms with van der Waals surface area (Å²) in [6.07, 6.45) is 5.63. The number of rotatable bonds is 7. The molecular weight excluding hydrogens is 312 g/mol. The molecule has 0 saturated carbocycles. The molecule has 132 valence electrons. The zero-order valence-corrected chi connectivity index (χ0v) is 14.7. The summed E-state index contributed by atoms with van der Waals surface area (Å²) in [4.78, 5) is 18.9. The first-order valence-corrected chi connectivity index (χ1v) is 8.94. The van der Waals surface area contributed by atoms with Crippen LogP contribution in [-0.2, 0) is 11.3 Å². The summed E-state index contributed by atoms with van der Waals surface area (Å²) in [5, 5.41) is 6.41. The van der Waals surface area contributed by atoms with E-state index in [-0.39, 0.29) is 11.9 Å². The van der Waals surface area contributed by atoms with Gasteiger partial charge in [0.15, 0.2) is 0 Å². The standard InChI is InChI=1S/C20H26N4O/c1-16-14-21-10-9-18(16)22-11-12-23-20(25)19-8-5-13-24(19)15-17-6-3-2-4-7-17/h2-4,6-7,9-10,14,19H,5,8,11-13,15H2,1H3,(H,21,22)(H,23,25)/t19-/m0/s1. The number of aromatic nitrogens is 1. The summed E-state index contributed by atoms with van der Waals surface area (Å²) >= 11 is 0. The molecule has 0 bridgehead atoms.